The van der Waals surface area contributed by atoms with Crippen molar-refractivity contribution in [3.63, 3.8) is 0 Å². The average Bonchev–Trinajstić information content (AvgIpc) is 2.53. The van der Waals surface area contributed by atoms with Crippen molar-refractivity contribution in [1.29, 1.82) is 5.26 Å². The van der Waals surface area contributed by atoms with Gasteiger partial charge in [-0.25, -0.2) is 4.39 Å². The van der Waals surface area contributed by atoms with Gasteiger partial charge in [0, 0.05) is 16.3 Å². The lowest BCUT2D eigenvalue weighted by Crippen LogP contribution is -1.94. The molecule has 0 amide bonds. The number of rotatable bonds is 3. The second-order valence-electron chi connectivity index (χ2n) is 4.35. The summed E-state index contributed by atoms with van der Waals surface area (Å²) in [6.07, 6.45) is 0. The second kappa shape index (κ2) is 5.90. The Balaban J connectivity index is 2.17. The van der Waals surface area contributed by atoms with Gasteiger partial charge in [0.25, 0.3) is 0 Å². The Morgan fingerprint density at radius 3 is 2.43 bits per heavy atom. The fourth-order valence-corrected chi connectivity index (χ4v) is 2.74. The van der Waals surface area contributed by atoms with E-state index in [1.165, 1.54) is 23.9 Å². The van der Waals surface area contributed by atoms with Crippen LogP contribution in [0, 0.1) is 17.1 Å². The Labute approximate surface area is 125 Å². The smallest absolute Gasteiger partial charge is 0.128 e. The molecule has 21 heavy (non-hydrogen) atoms. The van der Waals surface area contributed by atoms with Crippen molar-refractivity contribution < 1.29 is 4.39 Å². The summed E-state index contributed by atoms with van der Waals surface area (Å²) < 4.78 is 13.0. The average molecular weight is 295 g/mol. The van der Waals surface area contributed by atoms with Gasteiger partial charge in [-0.15, -0.1) is 10.2 Å². The maximum Gasteiger partial charge on any atom is 0.128 e. The largest absolute Gasteiger partial charge is 0.207 e. The summed E-state index contributed by atoms with van der Waals surface area (Å²) >= 11 is 1.36. The minimum Gasteiger partial charge on any atom is -0.207 e. The van der Waals surface area contributed by atoms with Crippen LogP contribution in [0.3, 0.4) is 0 Å². The van der Waals surface area contributed by atoms with Gasteiger partial charge >= 0.3 is 0 Å². The summed E-state index contributed by atoms with van der Waals surface area (Å²) in [5.74, 6) is 0.0476. The van der Waals surface area contributed by atoms with Gasteiger partial charge in [-0.2, -0.15) is 5.26 Å². The summed E-state index contributed by atoms with van der Waals surface area (Å²) in [5, 5.41) is 19.8. The Hall–Kier alpha value is -2.45. The Bertz CT molecular complexity index is 825. The number of aromatic nitrogens is 2. The van der Waals surface area contributed by atoms with Crippen molar-refractivity contribution in [3.8, 4) is 17.3 Å². The van der Waals surface area contributed by atoms with E-state index in [2.05, 4.69) is 16.3 Å². The van der Waals surface area contributed by atoms with Crippen LogP contribution in [-0.4, -0.2) is 16.0 Å². The molecule has 3 nitrogen and oxygen atoms in total. The lowest BCUT2D eigenvalue weighted by Gasteiger charge is -2.08. The number of halogens is 1. The van der Waals surface area contributed by atoms with Gasteiger partial charge in [-0.1, -0.05) is 36.0 Å². The third-order valence-electron chi connectivity index (χ3n) is 3.04. The van der Waals surface area contributed by atoms with Gasteiger partial charge in [0.2, 0.25) is 0 Å². The van der Waals surface area contributed by atoms with Crippen LogP contribution in [0.5, 0.6) is 0 Å². The number of nitriles is 1. The highest BCUT2D eigenvalue weighted by Gasteiger charge is 2.11. The number of fused-ring (bicyclic) bond motifs is 1. The molecule has 0 fully saturated rings. The lowest BCUT2D eigenvalue weighted by molar-refractivity contribution is 0.628. The minimum atomic E-state index is -0.280. The molecule has 0 saturated carbocycles. The standard InChI is InChI=1S/C16H10FN3S/c17-12-7-5-11(6-8-12)15-13-3-1-2-4-14(13)16(20-19-15)21-10-9-18/h1-8H,10H2. The first-order valence-corrected chi connectivity index (χ1v) is 7.29. The molecule has 0 spiro atoms. The minimum absolute atomic E-state index is 0.280. The highest BCUT2D eigenvalue weighted by atomic mass is 32.2. The van der Waals surface area contributed by atoms with E-state index >= 15 is 0 Å². The molecule has 102 valence electrons. The highest BCUT2D eigenvalue weighted by Crippen LogP contribution is 2.31. The number of hydrogen-bond donors (Lipinski definition) is 0. The van der Waals surface area contributed by atoms with Crippen LogP contribution in [0.1, 0.15) is 0 Å². The fraction of sp³-hybridized carbons (Fsp3) is 0.0625. The third kappa shape index (κ3) is 2.71. The molecule has 0 aliphatic heterocycles. The summed E-state index contributed by atoms with van der Waals surface area (Å²) in [5.41, 5.74) is 1.53. The van der Waals surface area contributed by atoms with Gasteiger partial charge < -0.3 is 0 Å². The van der Waals surface area contributed by atoms with Crippen LogP contribution in [0.25, 0.3) is 22.0 Å². The van der Waals surface area contributed by atoms with Gasteiger partial charge in [-0.3, -0.25) is 0 Å². The molecule has 1 aromatic heterocycles. The predicted molar refractivity (Wildman–Crippen MR) is 81.3 cm³/mol. The van der Waals surface area contributed by atoms with Crippen LogP contribution in [0.4, 0.5) is 4.39 Å². The molecule has 2 aromatic carbocycles. The molecular formula is C16H10FN3S. The first kappa shape index (κ1) is 13.5. The van der Waals surface area contributed by atoms with Crippen LogP contribution in [0.15, 0.2) is 53.6 Å². The number of hydrogen-bond acceptors (Lipinski definition) is 4. The van der Waals surface area contributed by atoms with E-state index in [1.54, 1.807) is 12.1 Å². The number of benzene rings is 2. The molecule has 5 heteroatoms. The van der Waals surface area contributed by atoms with Gasteiger partial charge in [-0.05, 0) is 24.3 Å². The van der Waals surface area contributed by atoms with E-state index in [-0.39, 0.29) is 5.82 Å². The maximum atomic E-state index is 13.0. The fourth-order valence-electron chi connectivity index (χ4n) is 2.11. The molecule has 0 bridgehead atoms. The summed E-state index contributed by atoms with van der Waals surface area (Å²) in [7, 11) is 0. The van der Waals surface area contributed by atoms with E-state index in [9.17, 15) is 4.39 Å². The van der Waals surface area contributed by atoms with Crippen molar-refractivity contribution in [2.75, 3.05) is 5.75 Å². The normalized spacial score (nSPS) is 10.5. The van der Waals surface area contributed by atoms with Crippen molar-refractivity contribution in [2.45, 2.75) is 5.03 Å². The summed E-state index contributed by atoms with van der Waals surface area (Å²) in [6, 6.07) is 16.0. The highest BCUT2D eigenvalue weighted by molar-refractivity contribution is 7.99. The van der Waals surface area contributed by atoms with Crippen LogP contribution in [-0.2, 0) is 0 Å². The van der Waals surface area contributed by atoms with Gasteiger partial charge in [0.05, 0.1) is 11.8 Å². The molecule has 0 saturated heterocycles. The molecule has 0 unspecified atom stereocenters. The van der Waals surface area contributed by atoms with E-state index in [1.807, 2.05) is 24.3 Å². The summed E-state index contributed by atoms with van der Waals surface area (Å²) in [6.45, 7) is 0. The molecule has 1 heterocycles. The Morgan fingerprint density at radius 2 is 1.71 bits per heavy atom. The van der Waals surface area contributed by atoms with Crippen molar-refractivity contribution in [1.82, 2.24) is 10.2 Å². The monoisotopic (exact) mass is 295 g/mol. The molecule has 3 rings (SSSR count). The zero-order valence-corrected chi connectivity index (χ0v) is 11.8. The first-order chi connectivity index (χ1) is 10.3. The Kier molecular flexibility index (Phi) is 3.80. The van der Waals surface area contributed by atoms with Crippen molar-refractivity contribution in [3.05, 3.63) is 54.3 Å². The zero-order valence-electron chi connectivity index (χ0n) is 11.0. The SMILES string of the molecule is N#CCSc1nnc(-c2ccc(F)cc2)c2ccccc12. The molecule has 0 N–H and O–H groups in total. The molecule has 0 aliphatic rings. The lowest BCUT2D eigenvalue weighted by atomic mass is 10.1. The van der Waals surface area contributed by atoms with Crippen molar-refractivity contribution in [2.24, 2.45) is 0 Å². The van der Waals surface area contributed by atoms with E-state index in [4.69, 9.17) is 5.26 Å². The van der Waals surface area contributed by atoms with E-state index in [0.717, 1.165) is 21.4 Å². The number of nitrogens with zero attached hydrogens (tertiary/aromatic N) is 3. The molecule has 0 atom stereocenters. The van der Waals surface area contributed by atoms with E-state index < -0.39 is 0 Å². The van der Waals surface area contributed by atoms with Gasteiger partial charge in [0.15, 0.2) is 0 Å². The quantitative estimate of drug-likeness (QED) is 0.684. The van der Waals surface area contributed by atoms with Crippen molar-refractivity contribution >= 4 is 22.5 Å². The maximum absolute atomic E-state index is 13.0. The topological polar surface area (TPSA) is 49.6 Å². The molecule has 0 radical (unpaired) electrons. The van der Waals surface area contributed by atoms with Crippen LogP contribution >= 0.6 is 11.8 Å². The van der Waals surface area contributed by atoms with E-state index in [0.29, 0.717) is 11.4 Å². The molecule has 0 aliphatic carbocycles. The predicted octanol–water partition coefficient (Wildman–Crippen LogP) is 4.05. The Morgan fingerprint density at radius 1 is 1.00 bits per heavy atom. The summed E-state index contributed by atoms with van der Waals surface area (Å²) in [4.78, 5) is 0. The van der Waals surface area contributed by atoms with Gasteiger partial charge in [0.1, 0.15) is 16.5 Å². The molecule has 3 aromatic rings. The third-order valence-corrected chi connectivity index (χ3v) is 3.89. The van der Waals surface area contributed by atoms with Crippen LogP contribution in [0.2, 0.25) is 0 Å². The molecular weight excluding hydrogens is 285 g/mol. The number of thioether (sulfide) groups is 1. The first-order valence-electron chi connectivity index (χ1n) is 6.30. The second-order valence-corrected chi connectivity index (χ2v) is 5.32. The van der Waals surface area contributed by atoms with Crippen LogP contribution < -0.4 is 0 Å². The zero-order chi connectivity index (χ0) is 14.7.